The van der Waals surface area contributed by atoms with E-state index in [1.54, 1.807) is 34.2 Å². The molecule has 0 fully saturated rings. The van der Waals surface area contributed by atoms with Crippen LogP contribution in [0.2, 0.25) is 5.02 Å². The number of carbonyl (C=O) groups is 1. The van der Waals surface area contributed by atoms with E-state index in [4.69, 9.17) is 16.3 Å². The van der Waals surface area contributed by atoms with Crippen LogP contribution in [0.5, 0.6) is 0 Å². The SMILES string of the molecule is Cn1cc(-c2cc3c(n2C(=O)OC(C)(C)C)CC(Nc2ccc(-c4cncn4C)cc2Cl)N=C3)cn1. The van der Waals surface area contributed by atoms with Gasteiger partial charge in [-0.05, 0) is 39.0 Å². The minimum atomic E-state index is -0.635. The lowest BCUT2D eigenvalue weighted by atomic mass is 10.1. The van der Waals surface area contributed by atoms with Crippen LogP contribution in [0.3, 0.4) is 0 Å². The van der Waals surface area contributed by atoms with E-state index in [-0.39, 0.29) is 6.17 Å². The fraction of sp³-hybridized carbons (Fsp3) is 0.308. The Bertz CT molecular complexity index is 1470. The number of hydrogen-bond acceptors (Lipinski definition) is 6. The molecule has 3 aromatic heterocycles. The molecule has 0 amide bonds. The smallest absolute Gasteiger partial charge is 0.419 e. The highest BCUT2D eigenvalue weighted by Crippen LogP contribution is 2.32. The Kier molecular flexibility index (Phi) is 5.96. The second-order valence-corrected chi connectivity index (χ2v) is 10.3. The molecule has 0 bridgehead atoms. The molecule has 1 aromatic carbocycles. The van der Waals surface area contributed by atoms with Gasteiger partial charge in [0.25, 0.3) is 0 Å². The summed E-state index contributed by atoms with van der Waals surface area (Å²) in [7, 11) is 3.78. The Morgan fingerprint density at radius 3 is 2.58 bits per heavy atom. The highest BCUT2D eigenvalue weighted by Gasteiger charge is 2.29. The van der Waals surface area contributed by atoms with E-state index < -0.39 is 11.7 Å². The van der Waals surface area contributed by atoms with Gasteiger partial charge < -0.3 is 14.6 Å². The maximum absolute atomic E-state index is 13.3. The first kappa shape index (κ1) is 23.9. The molecule has 1 aliphatic heterocycles. The number of aryl methyl sites for hydroxylation is 2. The van der Waals surface area contributed by atoms with Gasteiger partial charge in [-0.25, -0.2) is 14.3 Å². The molecule has 36 heavy (non-hydrogen) atoms. The van der Waals surface area contributed by atoms with E-state index in [9.17, 15) is 4.79 Å². The third kappa shape index (κ3) is 4.66. The zero-order valence-corrected chi connectivity index (χ0v) is 21.6. The van der Waals surface area contributed by atoms with E-state index in [0.29, 0.717) is 17.1 Å². The molecule has 1 aliphatic rings. The van der Waals surface area contributed by atoms with Gasteiger partial charge in [0.15, 0.2) is 0 Å². The molecule has 0 spiro atoms. The highest BCUT2D eigenvalue weighted by molar-refractivity contribution is 6.33. The molecule has 4 aromatic rings. The number of carbonyl (C=O) groups excluding carboxylic acids is 1. The van der Waals surface area contributed by atoms with Crippen molar-refractivity contribution in [3.8, 4) is 22.5 Å². The topological polar surface area (TPSA) is 91.3 Å². The third-order valence-electron chi connectivity index (χ3n) is 5.90. The zero-order valence-electron chi connectivity index (χ0n) is 20.9. The quantitative estimate of drug-likeness (QED) is 0.414. The second kappa shape index (κ2) is 8.98. The van der Waals surface area contributed by atoms with Crippen molar-refractivity contribution in [2.45, 2.75) is 39.0 Å². The van der Waals surface area contributed by atoms with Crippen LogP contribution in [0.4, 0.5) is 10.5 Å². The number of rotatable bonds is 4. The van der Waals surface area contributed by atoms with Crippen molar-refractivity contribution < 1.29 is 9.53 Å². The summed E-state index contributed by atoms with van der Waals surface area (Å²) in [6.45, 7) is 5.56. The average molecular weight is 506 g/mol. The molecule has 10 heteroatoms. The van der Waals surface area contributed by atoms with Crippen LogP contribution in [0, 0.1) is 0 Å². The molecular weight excluding hydrogens is 478 g/mol. The summed E-state index contributed by atoms with van der Waals surface area (Å²) in [4.78, 5) is 22.2. The largest absolute Gasteiger partial charge is 0.443 e. The number of fused-ring (bicyclic) bond motifs is 1. The van der Waals surface area contributed by atoms with Crippen LogP contribution < -0.4 is 5.32 Å². The summed E-state index contributed by atoms with van der Waals surface area (Å²) >= 11 is 6.63. The van der Waals surface area contributed by atoms with Crippen LogP contribution >= 0.6 is 11.6 Å². The predicted molar refractivity (Wildman–Crippen MR) is 141 cm³/mol. The molecule has 9 nitrogen and oxygen atoms in total. The first-order valence-corrected chi connectivity index (χ1v) is 12.0. The van der Waals surface area contributed by atoms with Crippen LogP contribution in [-0.2, 0) is 25.3 Å². The van der Waals surface area contributed by atoms with Crippen LogP contribution in [0.1, 0.15) is 32.0 Å². The number of nitrogens with one attached hydrogen (secondary N) is 1. The van der Waals surface area contributed by atoms with Crippen molar-refractivity contribution in [3.05, 3.63) is 65.5 Å². The van der Waals surface area contributed by atoms with Crippen molar-refractivity contribution in [1.29, 1.82) is 0 Å². The number of halogens is 1. The normalized spacial score (nSPS) is 15.1. The fourth-order valence-corrected chi connectivity index (χ4v) is 4.51. The average Bonchev–Trinajstić information content (AvgIpc) is 3.51. The van der Waals surface area contributed by atoms with Crippen molar-refractivity contribution in [1.82, 2.24) is 23.9 Å². The Morgan fingerprint density at radius 2 is 1.94 bits per heavy atom. The number of imidazole rings is 1. The van der Waals surface area contributed by atoms with Gasteiger partial charge >= 0.3 is 6.09 Å². The Hall–Kier alpha value is -3.85. The van der Waals surface area contributed by atoms with Gasteiger partial charge in [0.05, 0.1) is 40.8 Å². The summed E-state index contributed by atoms with van der Waals surface area (Å²) in [5, 5.41) is 8.26. The van der Waals surface area contributed by atoms with E-state index in [1.165, 1.54) is 0 Å². The fourth-order valence-electron chi connectivity index (χ4n) is 4.27. The van der Waals surface area contributed by atoms with Gasteiger partial charge in [-0.2, -0.15) is 5.10 Å². The number of benzene rings is 1. The Morgan fingerprint density at radius 1 is 1.14 bits per heavy atom. The number of hydrogen-bond donors (Lipinski definition) is 1. The van der Waals surface area contributed by atoms with Crippen LogP contribution in [0.15, 0.2) is 54.2 Å². The van der Waals surface area contributed by atoms with Gasteiger partial charge in [0.2, 0.25) is 0 Å². The summed E-state index contributed by atoms with van der Waals surface area (Å²) in [6, 6.07) is 7.78. The molecule has 1 atom stereocenters. The third-order valence-corrected chi connectivity index (χ3v) is 6.21. The van der Waals surface area contributed by atoms with E-state index in [1.807, 2.05) is 69.9 Å². The molecule has 1 N–H and O–H groups in total. The summed E-state index contributed by atoms with van der Waals surface area (Å²) in [5.41, 5.74) is 5.30. The van der Waals surface area contributed by atoms with Gasteiger partial charge in [-0.15, -0.1) is 0 Å². The predicted octanol–water partition coefficient (Wildman–Crippen LogP) is 5.14. The first-order chi connectivity index (χ1) is 17.1. The number of anilines is 1. The standard InChI is InChI=1S/C26H28ClN7O2/c1-26(2,3)36-25(35)34-21(18-12-30-33(5)14-18)9-17-11-29-24(10-22(17)34)31-20-7-6-16(8-19(20)27)23-13-28-15-32(23)4/h6-9,11-15,24,31H,10H2,1-5H3. The van der Waals surface area contributed by atoms with Crippen molar-refractivity contribution in [2.24, 2.45) is 19.1 Å². The summed E-state index contributed by atoms with van der Waals surface area (Å²) in [5.74, 6) is 0. The molecule has 4 heterocycles. The van der Waals surface area contributed by atoms with E-state index in [0.717, 1.165) is 33.8 Å². The summed E-state index contributed by atoms with van der Waals surface area (Å²) in [6.07, 6.45) is 8.68. The number of nitrogens with zero attached hydrogens (tertiary/aromatic N) is 6. The molecule has 0 aliphatic carbocycles. The number of ether oxygens (including phenoxy) is 1. The lowest BCUT2D eigenvalue weighted by Crippen LogP contribution is -2.31. The molecule has 5 rings (SSSR count). The van der Waals surface area contributed by atoms with Gasteiger partial charge in [-0.1, -0.05) is 17.7 Å². The number of aromatic nitrogens is 5. The van der Waals surface area contributed by atoms with Crippen LogP contribution in [0.25, 0.3) is 22.5 Å². The van der Waals surface area contributed by atoms with Crippen molar-refractivity contribution in [3.63, 3.8) is 0 Å². The first-order valence-electron chi connectivity index (χ1n) is 11.6. The van der Waals surface area contributed by atoms with Crippen molar-refractivity contribution in [2.75, 3.05) is 5.32 Å². The minimum Gasteiger partial charge on any atom is -0.443 e. The van der Waals surface area contributed by atoms with Gasteiger partial charge in [-0.3, -0.25) is 9.67 Å². The highest BCUT2D eigenvalue weighted by atomic mass is 35.5. The molecule has 0 saturated heterocycles. The molecular formula is C26H28ClN7O2. The number of aliphatic imine (C=N–C) groups is 1. The lowest BCUT2D eigenvalue weighted by Gasteiger charge is -2.24. The maximum Gasteiger partial charge on any atom is 0.419 e. The van der Waals surface area contributed by atoms with E-state index >= 15 is 0 Å². The maximum atomic E-state index is 13.3. The van der Waals surface area contributed by atoms with E-state index in [2.05, 4.69) is 20.4 Å². The lowest BCUT2D eigenvalue weighted by molar-refractivity contribution is 0.0535. The summed E-state index contributed by atoms with van der Waals surface area (Å²) < 4.78 is 11.0. The monoisotopic (exact) mass is 505 g/mol. The Balaban J connectivity index is 1.45. The van der Waals surface area contributed by atoms with Crippen molar-refractivity contribution >= 4 is 29.6 Å². The minimum absolute atomic E-state index is 0.310. The van der Waals surface area contributed by atoms with Gasteiger partial charge in [0, 0.05) is 55.3 Å². The molecule has 1 unspecified atom stereocenters. The second-order valence-electron chi connectivity index (χ2n) is 9.88. The van der Waals surface area contributed by atoms with Gasteiger partial charge in [0.1, 0.15) is 11.8 Å². The molecule has 186 valence electrons. The molecule has 0 radical (unpaired) electrons. The zero-order chi connectivity index (χ0) is 25.6. The Labute approximate surface area is 214 Å². The van der Waals surface area contributed by atoms with Crippen LogP contribution in [-0.4, -0.2) is 48.0 Å². The molecule has 0 saturated carbocycles.